The van der Waals surface area contributed by atoms with Gasteiger partial charge in [0.15, 0.2) is 5.82 Å². The lowest BCUT2D eigenvalue weighted by Crippen LogP contribution is -2.33. The van der Waals surface area contributed by atoms with E-state index in [9.17, 15) is 0 Å². The van der Waals surface area contributed by atoms with Gasteiger partial charge in [0, 0.05) is 12.5 Å². The molecule has 3 rings (SSSR count). The molecule has 1 unspecified atom stereocenters. The van der Waals surface area contributed by atoms with Crippen LogP contribution < -0.4 is 5.73 Å². The summed E-state index contributed by atoms with van der Waals surface area (Å²) in [5.41, 5.74) is 6.94. The number of hydrogen-bond donors (Lipinski definition) is 1. The minimum absolute atomic E-state index is 0.357. The molecule has 2 N–H and O–H groups in total. The van der Waals surface area contributed by atoms with Gasteiger partial charge in [0.2, 0.25) is 0 Å². The molecule has 0 spiro atoms. The molecule has 0 radical (unpaired) electrons. The summed E-state index contributed by atoms with van der Waals surface area (Å²) in [6.45, 7) is 2.90. The summed E-state index contributed by atoms with van der Waals surface area (Å²) in [7, 11) is 0. The van der Waals surface area contributed by atoms with Crippen molar-refractivity contribution in [2.45, 2.75) is 63.4 Å². The monoisotopic (exact) mass is 387 g/mol. The fraction of sp³-hybridized carbons (Fsp3) is 0.733. The molecule has 0 amide bonds. The maximum Gasteiger partial charge on any atom is 0.162 e. The van der Waals surface area contributed by atoms with Crippen molar-refractivity contribution in [1.29, 1.82) is 0 Å². The molecule has 1 aliphatic carbocycles. The SMILES string of the molecule is CC1(c2nc(N)c(I)c(C3CCCC3)n2)CCCCO1. The molecule has 0 bridgehead atoms. The summed E-state index contributed by atoms with van der Waals surface area (Å²) in [6.07, 6.45) is 8.33. The zero-order valence-electron chi connectivity index (χ0n) is 12.0. The van der Waals surface area contributed by atoms with Crippen LogP contribution in [0.3, 0.4) is 0 Å². The number of ether oxygens (including phenoxy) is 1. The zero-order valence-corrected chi connectivity index (χ0v) is 14.1. The molecule has 2 fully saturated rings. The van der Waals surface area contributed by atoms with Crippen molar-refractivity contribution in [1.82, 2.24) is 9.97 Å². The average molecular weight is 387 g/mol. The molecule has 1 aromatic rings. The van der Waals surface area contributed by atoms with Crippen LogP contribution in [-0.4, -0.2) is 16.6 Å². The maximum atomic E-state index is 6.14. The average Bonchev–Trinajstić information content (AvgIpc) is 2.96. The van der Waals surface area contributed by atoms with Crippen LogP contribution in [0.1, 0.15) is 69.3 Å². The van der Waals surface area contributed by atoms with Crippen LogP contribution in [0.15, 0.2) is 0 Å². The van der Waals surface area contributed by atoms with Gasteiger partial charge in [-0.05, 0) is 61.6 Å². The van der Waals surface area contributed by atoms with Crippen LogP contribution in [0.2, 0.25) is 0 Å². The van der Waals surface area contributed by atoms with Crippen molar-refractivity contribution in [3.8, 4) is 0 Å². The molecule has 2 heterocycles. The van der Waals surface area contributed by atoms with Crippen molar-refractivity contribution in [2.24, 2.45) is 0 Å². The number of anilines is 1. The largest absolute Gasteiger partial charge is 0.383 e. The first-order chi connectivity index (χ1) is 9.60. The Kier molecular flexibility index (Phi) is 4.17. The van der Waals surface area contributed by atoms with E-state index in [1.807, 2.05) is 0 Å². The van der Waals surface area contributed by atoms with E-state index in [4.69, 9.17) is 15.5 Å². The maximum absolute atomic E-state index is 6.14. The van der Waals surface area contributed by atoms with E-state index >= 15 is 0 Å². The lowest BCUT2D eigenvalue weighted by atomic mass is 9.94. The van der Waals surface area contributed by atoms with Gasteiger partial charge in [-0.3, -0.25) is 0 Å². The molecule has 5 heteroatoms. The Labute approximate surface area is 134 Å². The predicted molar refractivity (Wildman–Crippen MR) is 87.5 cm³/mol. The minimum Gasteiger partial charge on any atom is -0.383 e. The predicted octanol–water partition coefficient (Wildman–Crippen LogP) is 3.74. The molecular formula is C15H22IN3O. The van der Waals surface area contributed by atoms with E-state index < -0.39 is 0 Å². The third-order valence-electron chi connectivity index (χ3n) is 4.59. The van der Waals surface area contributed by atoms with Crippen molar-refractivity contribution < 1.29 is 4.74 Å². The minimum atomic E-state index is -0.357. The van der Waals surface area contributed by atoms with Crippen LogP contribution in [0.25, 0.3) is 0 Å². The Bertz CT molecular complexity index is 494. The number of halogens is 1. The smallest absolute Gasteiger partial charge is 0.162 e. The molecule has 0 aromatic carbocycles. The molecule has 1 saturated carbocycles. The Hall–Kier alpha value is -0.430. The third-order valence-corrected chi connectivity index (χ3v) is 5.69. The van der Waals surface area contributed by atoms with Crippen molar-refractivity contribution >= 4 is 28.4 Å². The zero-order chi connectivity index (χ0) is 14.2. The van der Waals surface area contributed by atoms with E-state index in [0.29, 0.717) is 11.7 Å². The van der Waals surface area contributed by atoms with E-state index in [1.165, 1.54) is 32.1 Å². The summed E-state index contributed by atoms with van der Waals surface area (Å²) in [6, 6.07) is 0. The third kappa shape index (κ3) is 2.66. The lowest BCUT2D eigenvalue weighted by Gasteiger charge is -2.33. The lowest BCUT2D eigenvalue weighted by molar-refractivity contribution is -0.0761. The van der Waals surface area contributed by atoms with Gasteiger partial charge >= 0.3 is 0 Å². The van der Waals surface area contributed by atoms with Crippen LogP contribution in [0, 0.1) is 3.57 Å². The number of aromatic nitrogens is 2. The molecule has 1 aromatic heterocycles. The number of nitrogen functional groups attached to an aromatic ring is 1. The first-order valence-corrected chi connectivity index (χ1v) is 8.65. The number of rotatable bonds is 2. The molecular weight excluding hydrogens is 365 g/mol. The van der Waals surface area contributed by atoms with E-state index in [1.54, 1.807) is 0 Å². The molecule has 110 valence electrons. The van der Waals surface area contributed by atoms with Gasteiger partial charge < -0.3 is 10.5 Å². The molecule has 2 aliphatic rings. The van der Waals surface area contributed by atoms with E-state index in [0.717, 1.165) is 34.5 Å². The number of hydrogen-bond acceptors (Lipinski definition) is 4. The summed E-state index contributed by atoms with van der Waals surface area (Å²) >= 11 is 2.30. The Morgan fingerprint density at radius 3 is 2.60 bits per heavy atom. The van der Waals surface area contributed by atoms with Crippen molar-refractivity contribution in [2.75, 3.05) is 12.3 Å². The van der Waals surface area contributed by atoms with Gasteiger partial charge in [0.05, 0.1) is 9.26 Å². The fourth-order valence-corrected chi connectivity index (χ4v) is 3.98. The molecule has 1 aliphatic heterocycles. The fourth-order valence-electron chi connectivity index (χ4n) is 3.30. The normalized spacial score (nSPS) is 27.9. The highest BCUT2D eigenvalue weighted by Crippen LogP contribution is 2.39. The molecule has 4 nitrogen and oxygen atoms in total. The summed E-state index contributed by atoms with van der Waals surface area (Å²) in [4.78, 5) is 9.42. The van der Waals surface area contributed by atoms with Crippen LogP contribution in [0.5, 0.6) is 0 Å². The Morgan fingerprint density at radius 2 is 1.95 bits per heavy atom. The number of nitrogens with zero attached hydrogens (tertiary/aromatic N) is 2. The van der Waals surface area contributed by atoms with Gasteiger partial charge in [-0.2, -0.15) is 0 Å². The number of nitrogens with two attached hydrogens (primary N) is 1. The molecule has 1 saturated heterocycles. The second-order valence-corrected chi connectivity index (χ2v) is 7.23. The molecule has 20 heavy (non-hydrogen) atoms. The highest BCUT2D eigenvalue weighted by molar-refractivity contribution is 14.1. The second-order valence-electron chi connectivity index (χ2n) is 6.15. The van der Waals surface area contributed by atoms with Gasteiger partial charge in [0.25, 0.3) is 0 Å². The standard InChI is InChI=1S/C15H22IN3O/c1-15(8-4-5-9-20-15)14-18-12(10-6-2-3-7-10)11(16)13(17)19-14/h10H,2-9H2,1H3,(H2,17,18,19). The van der Waals surface area contributed by atoms with Crippen molar-refractivity contribution in [3.05, 3.63) is 15.1 Å². The van der Waals surface area contributed by atoms with Crippen LogP contribution >= 0.6 is 22.6 Å². The topological polar surface area (TPSA) is 61.0 Å². The van der Waals surface area contributed by atoms with Gasteiger partial charge in [-0.25, -0.2) is 9.97 Å². The van der Waals surface area contributed by atoms with Gasteiger partial charge in [0.1, 0.15) is 11.4 Å². The summed E-state index contributed by atoms with van der Waals surface area (Å²) in [5, 5.41) is 0. The van der Waals surface area contributed by atoms with Crippen LogP contribution in [0.4, 0.5) is 5.82 Å². The quantitative estimate of drug-likeness (QED) is 0.786. The first kappa shape index (κ1) is 14.5. The second kappa shape index (κ2) is 5.75. The summed E-state index contributed by atoms with van der Waals surface area (Å²) < 4.78 is 7.02. The van der Waals surface area contributed by atoms with E-state index in [2.05, 4.69) is 34.5 Å². The van der Waals surface area contributed by atoms with Crippen LogP contribution in [-0.2, 0) is 10.3 Å². The van der Waals surface area contributed by atoms with Crippen molar-refractivity contribution in [3.63, 3.8) is 0 Å². The van der Waals surface area contributed by atoms with Gasteiger partial charge in [-0.15, -0.1) is 0 Å². The Morgan fingerprint density at radius 1 is 1.20 bits per heavy atom. The van der Waals surface area contributed by atoms with Gasteiger partial charge in [-0.1, -0.05) is 12.8 Å². The molecule has 1 atom stereocenters. The van der Waals surface area contributed by atoms with E-state index in [-0.39, 0.29) is 5.60 Å². The summed E-state index contributed by atoms with van der Waals surface area (Å²) in [5.74, 6) is 1.96. The first-order valence-electron chi connectivity index (χ1n) is 7.57. The highest BCUT2D eigenvalue weighted by Gasteiger charge is 2.35. The highest BCUT2D eigenvalue weighted by atomic mass is 127. The Balaban J connectivity index is 1.99.